The summed E-state index contributed by atoms with van der Waals surface area (Å²) in [6, 6.07) is 21.9. The SMILES string of the molecule is C=C1/C=C(/c2ccc(-c3c[nH]c([C@@H]4CCCN4C(=O)[C@@H](NC(=O)OC)C(C)C)n3)cc2)C(=C)CCc2ccc(c(-c3ccc(-c4c[nH]c([C@@H]5CCCN5C(=O)[C@@H](NC(=O)OC)C(C)C)n4)cc3)c2)CC1. The molecule has 5 aromatic rings. The Morgan fingerprint density at radius 1 is 0.643 bits per heavy atom. The smallest absolute Gasteiger partial charge is 0.407 e. The summed E-state index contributed by atoms with van der Waals surface area (Å²) in [4.78, 5) is 71.8. The number of nitrogens with one attached hydrogen (secondary N) is 4. The number of benzene rings is 3. The van der Waals surface area contributed by atoms with Crippen LogP contribution in [0, 0.1) is 11.8 Å². The van der Waals surface area contributed by atoms with Gasteiger partial charge in [-0.2, -0.15) is 0 Å². The van der Waals surface area contributed by atoms with Crippen LogP contribution in [0.5, 0.6) is 0 Å². The molecular formula is C56H66N8O6. The van der Waals surface area contributed by atoms with Crippen LogP contribution in [0.2, 0.25) is 0 Å². The molecule has 70 heavy (non-hydrogen) atoms. The second-order valence-electron chi connectivity index (χ2n) is 19.4. The number of alkyl carbamates (subject to hydrolysis) is 2. The lowest BCUT2D eigenvalue weighted by Gasteiger charge is -2.29. The number of aromatic nitrogens is 4. The molecule has 2 aromatic heterocycles. The third kappa shape index (κ3) is 10.8. The maximum Gasteiger partial charge on any atom is 0.407 e. The van der Waals surface area contributed by atoms with Gasteiger partial charge in [0.15, 0.2) is 0 Å². The molecule has 0 unspecified atom stereocenters. The maximum absolute atomic E-state index is 13.7. The van der Waals surface area contributed by atoms with Crippen LogP contribution in [0.1, 0.15) is 107 Å². The first-order valence-electron chi connectivity index (χ1n) is 24.5. The Bertz CT molecular complexity index is 2770. The Hall–Kier alpha value is -7.22. The van der Waals surface area contributed by atoms with E-state index in [0.717, 1.165) is 113 Å². The standard InChI is InChI=1S/C56H66N8O6/c1-33(2)49(61-55(67)69-7)53(65)63-27-9-11-47(63)51-57-31-45(59-51)41-23-19-38(20-24-41)43-29-35(5)13-17-39-18-16-37(15-14-36(43)6)30-44(39)40-21-25-42(26-22-40)46-32-58-52(60-46)48-12-10-28-64(48)54(66)50(34(3)4)62-56(68)70-8/h16,18-26,29-34,47-50H,5-6,9-15,17,27-28H2,1-4,7-8H3,(H,57,59)(H,58,60)(H,61,67)(H,62,68)/b43-29+/t47-,48-,49-,50-/m0/s1. The maximum atomic E-state index is 13.7. The summed E-state index contributed by atoms with van der Waals surface area (Å²) in [6.45, 7) is 17.9. The molecule has 2 bridgehead atoms. The number of likely N-dealkylation sites (tertiary alicyclic amines) is 2. The van der Waals surface area contributed by atoms with Gasteiger partial charge in [-0.3, -0.25) is 9.59 Å². The molecule has 0 saturated carbocycles. The minimum absolute atomic E-state index is 0.109. The molecule has 366 valence electrons. The molecule has 4 N–H and O–H groups in total. The number of hydrogen-bond acceptors (Lipinski definition) is 8. The molecule has 2 aliphatic heterocycles. The Morgan fingerprint density at radius 3 is 1.61 bits per heavy atom. The molecular weight excluding hydrogens is 881 g/mol. The number of carbonyl (C=O) groups is 4. The number of fused-ring (bicyclic) bond motifs is 8. The number of allylic oxidation sites excluding steroid dienone is 4. The lowest BCUT2D eigenvalue weighted by Crippen LogP contribution is -2.51. The van der Waals surface area contributed by atoms with Crippen LogP contribution in [-0.4, -0.2) is 93.1 Å². The minimum Gasteiger partial charge on any atom is -0.453 e. The van der Waals surface area contributed by atoms with Crippen LogP contribution < -0.4 is 10.6 Å². The third-order valence-electron chi connectivity index (χ3n) is 14.0. The van der Waals surface area contributed by atoms with Gasteiger partial charge < -0.3 is 39.9 Å². The molecule has 9 rings (SSSR count). The van der Waals surface area contributed by atoms with Crippen molar-refractivity contribution in [1.29, 1.82) is 0 Å². The first-order chi connectivity index (χ1) is 33.7. The van der Waals surface area contributed by atoms with Crippen molar-refractivity contribution in [2.75, 3.05) is 27.3 Å². The van der Waals surface area contributed by atoms with Gasteiger partial charge in [-0.05, 0) is 102 Å². The van der Waals surface area contributed by atoms with E-state index in [1.54, 1.807) is 0 Å². The monoisotopic (exact) mass is 947 g/mol. The number of carbonyl (C=O) groups excluding carboxylic acids is 4. The quantitative estimate of drug-likeness (QED) is 0.0956. The molecule has 4 amide bonds. The summed E-state index contributed by atoms with van der Waals surface area (Å²) in [7, 11) is 2.59. The van der Waals surface area contributed by atoms with Gasteiger partial charge in [-0.15, -0.1) is 0 Å². The van der Waals surface area contributed by atoms with E-state index in [9.17, 15) is 19.2 Å². The van der Waals surface area contributed by atoms with E-state index in [1.807, 2.05) is 49.9 Å². The molecule has 0 spiro atoms. The number of nitrogens with zero attached hydrogens (tertiary/aromatic N) is 4. The molecule has 2 saturated heterocycles. The van der Waals surface area contributed by atoms with Crippen molar-refractivity contribution in [3.05, 3.63) is 138 Å². The van der Waals surface area contributed by atoms with Crippen LogP contribution in [0.3, 0.4) is 0 Å². The largest absolute Gasteiger partial charge is 0.453 e. The Morgan fingerprint density at radius 2 is 1.13 bits per heavy atom. The van der Waals surface area contributed by atoms with Gasteiger partial charge in [0.05, 0.1) is 37.7 Å². The molecule has 2 fully saturated rings. The Kier molecular flexibility index (Phi) is 15.2. The summed E-state index contributed by atoms with van der Waals surface area (Å²) in [5.41, 5.74) is 12.6. The third-order valence-corrected chi connectivity index (χ3v) is 14.0. The summed E-state index contributed by atoms with van der Waals surface area (Å²) >= 11 is 0. The van der Waals surface area contributed by atoms with Gasteiger partial charge in [-0.25, -0.2) is 19.6 Å². The van der Waals surface area contributed by atoms with Gasteiger partial charge >= 0.3 is 12.2 Å². The summed E-state index contributed by atoms with van der Waals surface area (Å²) in [5.74, 6) is 0.969. The second-order valence-corrected chi connectivity index (χ2v) is 19.4. The van der Waals surface area contributed by atoms with Gasteiger partial charge in [0.1, 0.15) is 23.7 Å². The number of H-pyrrole nitrogens is 2. The van der Waals surface area contributed by atoms with E-state index in [-0.39, 0.29) is 35.7 Å². The highest BCUT2D eigenvalue weighted by molar-refractivity contribution is 5.87. The number of amides is 4. The van der Waals surface area contributed by atoms with Crippen LogP contribution in [-0.2, 0) is 31.9 Å². The fourth-order valence-corrected chi connectivity index (χ4v) is 9.99. The molecule has 0 radical (unpaired) electrons. The molecule has 4 heterocycles. The zero-order chi connectivity index (χ0) is 49.6. The Labute approximate surface area is 411 Å². The summed E-state index contributed by atoms with van der Waals surface area (Å²) < 4.78 is 9.59. The molecule has 14 heteroatoms. The van der Waals surface area contributed by atoms with E-state index in [4.69, 9.17) is 19.4 Å². The lowest BCUT2D eigenvalue weighted by atomic mass is 9.87. The first kappa shape index (κ1) is 49.2. The van der Waals surface area contributed by atoms with Gasteiger partial charge in [0.2, 0.25) is 11.8 Å². The van der Waals surface area contributed by atoms with Gasteiger partial charge in [0.25, 0.3) is 0 Å². The normalized spacial score (nSPS) is 19.1. The molecule has 14 nitrogen and oxygen atoms in total. The van der Waals surface area contributed by atoms with E-state index in [2.05, 4.69) is 107 Å². The first-order valence-corrected chi connectivity index (χ1v) is 24.5. The average Bonchev–Trinajstić information content (AvgIpc) is 4.22. The highest BCUT2D eigenvalue weighted by Gasteiger charge is 2.39. The zero-order valence-corrected chi connectivity index (χ0v) is 41.3. The number of ether oxygens (including phenoxy) is 2. The Balaban J connectivity index is 0.934. The molecule has 4 aliphatic rings. The number of rotatable bonds is 12. The highest BCUT2D eigenvalue weighted by atomic mass is 16.5. The highest BCUT2D eigenvalue weighted by Crippen LogP contribution is 2.37. The van der Waals surface area contributed by atoms with Gasteiger partial charge in [-0.1, -0.05) is 119 Å². The zero-order valence-electron chi connectivity index (χ0n) is 41.3. The van der Waals surface area contributed by atoms with E-state index >= 15 is 0 Å². The van der Waals surface area contributed by atoms with Crippen LogP contribution in [0.4, 0.5) is 9.59 Å². The fraction of sp³-hybridized carbons (Fsp3) is 0.393. The predicted molar refractivity (Wildman–Crippen MR) is 272 cm³/mol. The molecule has 4 atom stereocenters. The van der Waals surface area contributed by atoms with Crippen LogP contribution in [0.15, 0.2) is 110 Å². The van der Waals surface area contributed by atoms with Crippen molar-refractivity contribution >= 4 is 29.6 Å². The fourth-order valence-electron chi connectivity index (χ4n) is 9.99. The second kappa shape index (κ2) is 21.6. The van der Waals surface area contributed by atoms with Crippen molar-refractivity contribution < 1.29 is 28.7 Å². The summed E-state index contributed by atoms with van der Waals surface area (Å²) in [5, 5.41) is 5.44. The van der Waals surface area contributed by atoms with Crippen molar-refractivity contribution in [2.24, 2.45) is 11.8 Å². The van der Waals surface area contributed by atoms with Crippen molar-refractivity contribution in [3.8, 4) is 33.6 Å². The molecule has 3 aromatic carbocycles. The van der Waals surface area contributed by atoms with E-state index in [1.165, 1.54) is 30.9 Å². The number of imidazole rings is 2. The predicted octanol–water partition coefficient (Wildman–Crippen LogP) is 10.3. The van der Waals surface area contributed by atoms with Crippen molar-refractivity contribution in [2.45, 2.75) is 103 Å². The number of aromatic amines is 2. The van der Waals surface area contributed by atoms with Crippen LogP contribution in [0.25, 0.3) is 39.2 Å². The van der Waals surface area contributed by atoms with E-state index in [0.29, 0.717) is 13.1 Å². The minimum atomic E-state index is -0.695. The lowest BCUT2D eigenvalue weighted by molar-refractivity contribution is -0.136. The number of methoxy groups -OCH3 is 2. The topological polar surface area (TPSA) is 175 Å². The number of hydrogen-bond donors (Lipinski definition) is 4. The van der Waals surface area contributed by atoms with Crippen LogP contribution >= 0.6 is 0 Å². The molecule has 2 aliphatic carbocycles. The summed E-state index contributed by atoms with van der Waals surface area (Å²) in [6.07, 6.45) is 11.2. The van der Waals surface area contributed by atoms with E-state index < -0.39 is 24.3 Å². The van der Waals surface area contributed by atoms with Crippen molar-refractivity contribution in [3.63, 3.8) is 0 Å². The van der Waals surface area contributed by atoms with Crippen molar-refractivity contribution in [1.82, 2.24) is 40.4 Å². The number of aryl methyl sites for hydroxylation is 2. The van der Waals surface area contributed by atoms with Gasteiger partial charge in [0, 0.05) is 36.6 Å². The average molecular weight is 947 g/mol.